The number of aromatic hydroxyl groups is 1. The minimum absolute atomic E-state index is 0.0581. The van der Waals surface area contributed by atoms with Crippen LogP contribution >= 0.6 is 0 Å². The van der Waals surface area contributed by atoms with Crippen LogP contribution in [-0.4, -0.2) is 9.67 Å². The van der Waals surface area contributed by atoms with E-state index in [2.05, 4.69) is 10.2 Å². The summed E-state index contributed by atoms with van der Waals surface area (Å²) in [6.45, 7) is 3.91. The Morgan fingerprint density at radius 1 is 1.26 bits per heavy atom. The van der Waals surface area contributed by atoms with Crippen molar-refractivity contribution in [2.75, 3.05) is 0 Å². The highest BCUT2D eigenvalue weighted by molar-refractivity contribution is 5.56. The van der Waals surface area contributed by atoms with Crippen molar-refractivity contribution in [2.24, 2.45) is 10.2 Å². The van der Waals surface area contributed by atoms with Gasteiger partial charge in [-0.15, -0.1) is 5.11 Å². The van der Waals surface area contributed by atoms with E-state index in [1.807, 2.05) is 31.2 Å². The Labute approximate surface area is 134 Å². The Morgan fingerprint density at radius 3 is 2.57 bits per heavy atom. The molecule has 6 heteroatoms. The van der Waals surface area contributed by atoms with Gasteiger partial charge >= 0.3 is 0 Å². The minimum atomic E-state index is -0.438. The van der Waals surface area contributed by atoms with Gasteiger partial charge in [0.05, 0.1) is 5.69 Å². The second-order valence-corrected chi connectivity index (χ2v) is 5.13. The number of hydrogen-bond donors (Lipinski definition) is 1. The van der Waals surface area contributed by atoms with Crippen LogP contribution in [0.3, 0.4) is 0 Å². The monoisotopic (exact) mass is 310 g/mol. The topological polar surface area (TPSA) is 90.7 Å². The summed E-state index contributed by atoms with van der Waals surface area (Å²) in [6, 6.07) is 11.0. The van der Waals surface area contributed by atoms with E-state index in [0.29, 0.717) is 17.8 Å². The van der Waals surface area contributed by atoms with Crippen molar-refractivity contribution < 1.29 is 5.11 Å². The van der Waals surface area contributed by atoms with Crippen LogP contribution in [0.15, 0.2) is 45.4 Å². The summed E-state index contributed by atoms with van der Waals surface area (Å²) in [4.78, 5) is 12.5. The number of benzene rings is 1. The average molecular weight is 310 g/mol. The van der Waals surface area contributed by atoms with E-state index < -0.39 is 5.56 Å². The molecular weight excluding hydrogens is 292 g/mol. The van der Waals surface area contributed by atoms with E-state index in [1.54, 1.807) is 19.1 Å². The van der Waals surface area contributed by atoms with Gasteiger partial charge in [0.15, 0.2) is 5.69 Å². The van der Waals surface area contributed by atoms with Crippen LogP contribution in [-0.2, 0) is 6.54 Å². The molecule has 0 saturated carbocycles. The third kappa shape index (κ3) is 3.46. The van der Waals surface area contributed by atoms with Crippen LogP contribution in [0.1, 0.15) is 30.9 Å². The first kappa shape index (κ1) is 16.4. The molecule has 0 radical (unpaired) electrons. The SMILES string of the molecule is CCCCn1c(O)c(C#N)c(C)c(N=Nc2ccccc2)c1=O. The minimum Gasteiger partial charge on any atom is -0.493 e. The van der Waals surface area contributed by atoms with E-state index in [4.69, 9.17) is 0 Å². The zero-order valence-corrected chi connectivity index (χ0v) is 13.2. The lowest BCUT2D eigenvalue weighted by Gasteiger charge is -2.12. The molecule has 2 aromatic rings. The fourth-order valence-electron chi connectivity index (χ4n) is 2.18. The first-order valence-electron chi connectivity index (χ1n) is 7.43. The number of azo groups is 1. The molecule has 1 N–H and O–H groups in total. The van der Waals surface area contributed by atoms with Gasteiger partial charge in [0, 0.05) is 12.1 Å². The standard InChI is InChI=1S/C17H18N4O2/c1-3-4-10-21-16(22)14(11-18)12(2)15(17(21)23)20-19-13-8-6-5-7-9-13/h5-9,22H,3-4,10H2,1-2H3. The molecule has 0 fully saturated rings. The van der Waals surface area contributed by atoms with Gasteiger partial charge in [-0.05, 0) is 25.5 Å². The first-order valence-corrected chi connectivity index (χ1v) is 7.43. The molecule has 6 nitrogen and oxygen atoms in total. The quantitative estimate of drug-likeness (QED) is 0.848. The van der Waals surface area contributed by atoms with Crippen LogP contribution in [0.2, 0.25) is 0 Å². The number of nitrogens with zero attached hydrogens (tertiary/aromatic N) is 4. The molecule has 1 aromatic heterocycles. The highest BCUT2D eigenvalue weighted by Gasteiger charge is 2.18. The number of aromatic nitrogens is 1. The normalized spacial score (nSPS) is 10.8. The molecule has 0 bridgehead atoms. The molecule has 0 unspecified atom stereocenters. The third-order valence-electron chi connectivity index (χ3n) is 3.53. The van der Waals surface area contributed by atoms with Gasteiger partial charge in [-0.3, -0.25) is 9.36 Å². The number of rotatable bonds is 5. The molecule has 0 atom stereocenters. The fraction of sp³-hybridized carbons (Fsp3) is 0.294. The van der Waals surface area contributed by atoms with Crippen molar-refractivity contribution in [3.05, 3.63) is 51.8 Å². The van der Waals surface area contributed by atoms with Crippen LogP contribution in [0.4, 0.5) is 11.4 Å². The molecule has 23 heavy (non-hydrogen) atoms. The summed E-state index contributed by atoms with van der Waals surface area (Å²) in [5.41, 5.74) is 0.648. The number of nitriles is 1. The van der Waals surface area contributed by atoms with Crippen molar-refractivity contribution >= 4 is 11.4 Å². The maximum Gasteiger partial charge on any atom is 0.281 e. The van der Waals surface area contributed by atoms with Gasteiger partial charge in [0.2, 0.25) is 5.88 Å². The highest BCUT2D eigenvalue weighted by Crippen LogP contribution is 2.26. The molecule has 0 aliphatic carbocycles. The largest absolute Gasteiger partial charge is 0.493 e. The van der Waals surface area contributed by atoms with Crippen LogP contribution in [0, 0.1) is 18.3 Å². The average Bonchev–Trinajstić information content (AvgIpc) is 2.56. The van der Waals surface area contributed by atoms with E-state index in [9.17, 15) is 15.2 Å². The molecule has 118 valence electrons. The molecule has 0 saturated heterocycles. The second kappa shape index (κ2) is 7.36. The maximum absolute atomic E-state index is 12.5. The Morgan fingerprint density at radius 2 is 1.96 bits per heavy atom. The molecule has 2 rings (SSSR count). The summed E-state index contributed by atoms with van der Waals surface area (Å²) in [5.74, 6) is -0.304. The number of hydrogen-bond acceptors (Lipinski definition) is 5. The Bertz CT molecular complexity index is 817. The zero-order valence-electron chi connectivity index (χ0n) is 13.2. The molecule has 0 aliphatic heterocycles. The third-order valence-corrected chi connectivity index (χ3v) is 3.53. The molecule has 1 heterocycles. The summed E-state index contributed by atoms with van der Waals surface area (Å²) in [6.07, 6.45) is 1.58. The van der Waals surface area contributed by atoms with Gasteiger partial charge in [0.1, 0.15) is 11.6 Å². The maximum atomic E-state index is 12.5. The Balaban J connectivity index is 2.57. The summed E-state index contributed by atoms with van der Waals surface area (Å²) >= 11 is 0. The smallest absolute Gasteiger partial charge is 0.281 e. The lowest BCUT2D eigenvalue weighted by molar-refractivity contribution is 0.399. The van der Waals surface area contributed by atoms with Crippen LogP contribution in [0.5, 0.6) is 5.88 Å². The molecule has 0 aliphatic rings. The van der Waals surface area contributed by atoms with Gasteiger partial charge < -0.3 is 5.11 Å². The molecule has 0 spiro atoms. The number of pyridine rings is 1. The first-order chi connectivity index (χ1) is 11.1. The molecule has 0 amide bonds. The molecule has 1 aromatic carbocycles. The molecular formula is C17H18N4O2. The zero-order chi connectivity index (χ0) is 16.8. The van der Waals surface area contributed by atoms with E-state index in [0.717, 1.165) is 12.8 Å². The van der Waals surface area contributed by atoms with E-state index in [1.165, 1.54) is 4.57 Å². The Hall–Kier alpha value is -2.94. The van der Waals surface area contributed by atoms with E-state index in [-0.39, 0.29) is 17.1 Å². The fourth-order valence-corrected chi connectivity index (χ4v) is 2.18. The Kier molecular flexibility index (Phi) is 5.26. The highest BCUT2D eigenvalue weighted by atomic mass is 16.3. The summed E-state index contributed by atoms with van der Waals surface area (Å²) in [7, 11) is 0. The van der Waals surface area contributed by atoms with Crippen LogP contribution < -0.4 is 5.56 Å². The number of unbranched alkanes of at least 4 members (excludes halogenated alkanes) is 1. The van der Waals surface area contributed by atoms with Gasteiger partial charge in [0.25, 0.3) is 5.56 Å². The second-order valence-electron chi connectivity index (χ2n) is 5.13. The van der Waals surface area contributed by atoms with Gasteiger partial charge in [-0.25, -0.2) is 0 Å². The van der Waals surface area contributed by atoms with E-state index >= 15 is 0 Å². The van der Waals surface area contributed by atoms with Crippen molar-refractivity contribution in [1.29, 1.82) is 5.26 Å². The predicted molar refractivity (Wildman–Crippen MR) is 87.3 cm³/mol. The summed E-state index contributed by atoms with van der Waals surface area (Å²) < 4.78 is 1.19. The summed E-state index contributed by atoms with van der Waals surface area (Å²) in [5, 5.41) is 27.5. The lowest BCUT2D eigenvalue weighted by Crippen LogP contribution is -2.22. The van der Waals surface area contributed by atoms with Gasteiger partial charge in [-0.2, -0.15) is 10.4 Å². The van der Waals surface area contributed by atoms with Gasteiger partial charge in [-0.1, -0.05) is 31.5 Å². The predicted octanol–water partition coefficient (Wildman–Crippen LogP) is 3.95. The van der Waals surface area contributed by atoms with Crippen molar-refractivity contribution in [1.82, 2.24) is 4.57 Å². The van der Waals surface area contributed by atoms with Crippen LogP contribution in [0.25, 0.3) is 0 Å². The van der Waals surface area contributed by atoms with Crippen molar-refractivity contribution in [2.45, 2.75) is 33.2 Å². The van der Waals surface area contributed by atoms with Crippen molar-refractivity contribution in [3.63, 3.8) is 0 Å². The lowest BCUT2D eigenvalue weighted by atomic mass is 10.1. The van der Waals surface area contributed by atoms with Crippen molar-refractivity contribution in [3.8, 4) is 11.9 Å².